The molecule has 0 spiro atoms. The van der Waals surface area contributed by atoms with Gasteiger partial charge in [-0.15, -0.1) is 0 Å². The fourth-order valence-corrected chi connectivity index (χ4v) is 4.35. The van der Waals surface area contributed by atoms with E-state index in [-0.39, 0.29) is 12.2 Å². The summed E-state index contributed by atoms with van der Waals surface area (Å²) in [4.78, 5) is 0. The van der Waals surface area contributed by atoms with Gasteiger partial charge in [0.2, 0.25) is 5.69 Å². The van der Waals surface area contributed by atoms with Gasteiger partial charge in [-0.25, -0.2) is 0 Å². The third-order valence-corrected chi connectivity index (χ3v) is 3.99. The summed E-state index contributed by atoms with van der Waals surface area (Å²) in [5.41, 5.74) is -2.28. The van der Waals surface area contributed by atoms with Crippen LogP contribution in [0.2, 0.25) is 0 Å². The fraction of sp³-hybridized carbons (Fsp3) is 1.00. The lowest BCUT2D eigenvalue weighted by Crippen LogP contribution is -2.30. The molecule has 1 rings (SSSR count). The van der Waals surface area contributed by atoms with Crippen LogP contribution in [0.4, 0.5) is 0 Å². The van der Waals surface area contributed by atoms with E-state index in [1.807, 2.05) is 27.7 Å². The molecule has 4 nitrogen and oxygen atoms in total. The highest BCUT2D eigenvalue weighted by atomic mass is 32.9. The largest absolute Gasteiger partial charge is 0.379 e. The second-order valence-electron chi connectivity index (χ2n) is 4.14. The molecular formula is C10H24NO3PS2. The number of thiol groups is 1. The van der Waals surface area contributed by atoms with E-state index >= 15 is 0 Å². The van der Waals surface area contributed by atoms with Crippen molar-refractivity contribution >= 4 is 29.7 Å². The molecule has 17 heavy (non-hydrogen) atoms. The molecule has 1 aliphatic heterocycles. The topological polar surface area (TPSA) is 39.7 Å². The van der Waals surface area contributed by atoms with Crippen LogP contribution in [-0.2, 0) is 25.6 Å². The molecule has 1 fully saturated rings. The van der Waals surface area contributed by atoms with Crippen molar-refractivity contribution in [1.82, 2.24) is 5.32 Å². The summed E-state index contributed by atoms with van der Waals surface area (Å²) in [5.74, 6) is 0. The highest BCUT2D eigenvalue weighted by Crippen LogP contribution is 2.55. The molecule has 0 atom stereocenters. The molecule has 1 N–H and O–H groups in total. The van der Waals surface area contributed by atoms with E-state index in [9.17, 15) is 0 Å². The van der Waals surface area contributed by atoms with Gasteiger partial charge >= 0.3 is 0 Å². The second kappa shape index (κ2) is 9.73. The highest BCUT2D eigenvalue weighted by molar-refractivity contribution is 8.60. The highest BCUT2D eigenvalue weighted by Gasteiger charge is 2.16. The Kier molecular flexibility index (Phi) is 10.2. The predicted molar refractivity (Wildman–Crippen MR) is 79.4 cm³/mol. The zero-order valence-corrected chi connectivity index (χ0v) is 13.6. The lowest BCUT2D eigenvalue weighted by atomic mass is 10.5. The van der Waals surface area contributed by atoms with Gasteiger partial charge in [0, 0.05) is 13.1 Å². The van der Waals surface area contributed by atoms with E-state index in [1.165, 1.54) is 0 Å². The smallest absolute Gasteiger partial charge is 0.244 e. The van der Waals surface area contributed by atoms with Gasteiger partial charge in [0.1, 0.15) is 0 Å². The predicted octanol–water partition coefficient (Wildman–Crippen LogP) is 2.60. The minimum Gasteiger partial charge on any atom is -0.379 e. The standard InChI is InChI=1S/C6H15O2PS2.C4H9NO/c1-5(2)7-9(10,11)8-6(3)4;1-3-6-4-2-5-1/h5-6H,1-4H3,(H,10,11);5H,1-4H2. The maximum absolute atomic E-state index is 5.32. The number of nitrogens with one attached hydrogen (secondary N) is 1. The van der Waals surface area contributed by atoms with Crippen molar-refractivity contribution in [2.75, 3.05) is 26.3 Å². The Morgan fingerprint density at radius 3 is 1.71 bits per heavy atom. The van der Waals surface area contributed by atoms with Gasteiger partial charge in [0.25, 0.3) is 0 Å². The van der Waals surface area contributed by atoms with Crippen LogP contribution in [-0.4, -0.2) is 38.5 Å². The third-order valence-electron chi connectivity index (χ3n) is 1.53. The zero-order chi connectivity index (χ0) is 13.3. The molecule has 0 aromatic rings. The van der Waals surface area contributed by atoms with Gasteiger partial charge < -0.3 is 19.1 Å². The van der Waals surface area contributed by atoms with Crippen LogP contribution in [0.3, 0.4) is 0 Å². The fourth-order valence-electron chi connectivity index (χ4n) is 1.07. The molecule has 0 aliphatic carbocycles. The van der Waals surface area contributed by atoms with Crippen molar-refractivity contribution in [3.05, 3.63) is 0 Å². The van der Waals surface area contributed by atoms with E-state index in [2.05, 4.69) is 17.6 Å². The average molecular weight is 301 g/mol. The molecule has 0 amide bonds. The van der Waals surface area contributed by atoms with Crippen molar-refractivity contribution in [1.29, 1.82) is 0 Å². The Morgan fingerprint density at radius 1 is 1.12 bits per heavy atom. The average Bonchev–Trinajstić information content (AvgIpc) is 2.16. The summed E-state index contributed by atoms with van der Waals surface area (Å²) < 4.78 is 15.6. The van der Waals surface area contributed by atoms with Crippen LogP contribution in [0.15, 0.2) is 0 Å². The SMILES string of the molecule is C1COCCN1.CC(C)OP(=S)(S)OC(C)C. The molecular weight excluding hydrogens is 277 g/mol. The summed E-state index contributed by atoms with van der Waals surface area (Å²) in [6.07, 6.45) is 0.161. The van der Waals surface area contributed by atoms with Crippen LogP contribution >= 0.6 is 17.9 Å². The normalized spacial score (nSPS) is 16.9. The third kappa shape index (κ3) is 13.1. The van der Waals surface area contributed by atoms with E-state index in [1.54, 1.807) is 0 Å². The monoisotopic (exact) mass is 301 g/mol. The number of ether oxygens (including phenoxy) is 1. The van der Waals surface area contributed by atoms with Crippen molar-refractivity contribution in [2.45, 2.75) is 39.9 Å². The minimum absolute atomic E-state index is 0.0806. The van der Waals surface area contributed by atoms with Crippen LogP contribution in [0, 0.1) is 0 Å². The molecule has 0 unspecified atom stereocenters. The van der Waals surface area contributed by atoms with Crippen LogP contribution in [0.5, 0.6) is 0 Å². The molecule has 0 saturated carbocycles. The molecule has 1 saturated heterocycles. The lowest BCUT2D eigenvalue weighted by Gasteiger charge is -2.20. The minimum atomic E-state index is -2.28. The molecule has 0 aromatic carbocycles. The first-order valence-corrected chi connectivity index (χ1v) is 9.60. The van der Waals surface area contributed by atoms with Crippen molar-refractivity contribution in [2.24, 2.45) is 0 Å². The van der Waals surface area contributed by atoms with Gasteiger partial charge in [-0.05, 0) is 39.5 Å². The van der Waals surface area contributed by atoms with Gasteiger partial charge in [-0.1, -0.05) is 12.2 Å². The summed E-state index contributed by atoms with van der Waals surface area (Å²) in [7, 11) is 0. The Bertz CT molecular complexity index is 210. The van der Waals surface area contributed by atoms with Crippen molar-refractivity contribution in [3.8, 4) is 0 Å². The molecule has 104 valence electrons. The van der Waals surface area contributed by atoms with Crippen molar-refractivity contribution in [3.63, 3.8) is 0 Å². The van der Waals surface area contributed by atoms with E-state index in [0.29, 0.717) is 0 Å². The Morgan fingerprint density at radius 2 is 1.53 bits per heavy atom. The summed E-state index contributed by atoms with van der Waals surface area (Å²) >= 11 is 9.17. The summed E-state index contributed by atoms with van der Waals surface area (Å²) in [5, 5.41) is 3.16. The molecule has 1 heterocycles. The maximum atomic E-state index is 5.32. The Balaban J connectivity index is 0.000000354. The first-order chi connectivity index (χ1) is 7.83. The first kappa shape index (κ1) is 17.8. The van der Waals surface area contributed by atoms with Gasteiger partial charge in [0.05, 0.1) is 25.4 Å². The van der Waals surface area contributed by atoms with Gasteiger partial charge in [-0.3, -0.25) is 0 Å². The summed E-state index contributed by atoms with van der Waals surface area (Å²) in [6, 6.07) is 0. The lowest BCUT2D eigenvalue weighted by molar-refractivity contribution is 0.109. The molecule has 1 aliphatic rings. The van der Waals surface area contributed by atoms with Crippen LogP contribution in [0.1, 0.15) is 27.7 Å². The number of morpholine rings is 1. The molecule has 0 aromatic heterocycles. The van der Waals surface area contributed by atoms with Gasteiger partial charge in [-0.2, -0.15) is 0 Å². The Hall–Kier alpha value is 0.840. The number of rotatable bonds is 4. The first-order valence-electron chi connectivity index (χ1n) is 5.81. The van der Waals surface area contributed by atoms with Gasteiger partial charge in [0.15, 0.2) is 0 Å². The number of hydrogen-bond acceptors (Lipinski definition) is 5. The van der Waals surface area contributed by atoms with Crippen molar-refractivity contribution < 1.29 is 13.8 Å². The van der Waals surface area contributed by atoms with E-state index < -0.39 is 5.69 Å². The maximum Gasteiger partial charge on any atom is 0.244 e. The van der Waals surface area contributed by atoms with E-state index in [4.69, 9.17) is 25.6 Å². The van der Waals surface area contributed by atoms with Crippen LogP contribution < -0.4 is 5.32 Å². The molecule has 7 heteroatoms. The zero-order valence-electron chi connectivity index (χ0n) is 11.0. The second-order valence-corrected chi connectivity index (χ2v) is 9.33. The molecule has 0 bridgehead atoms. The number of hydrogen-bond donors (Lipinski definition) is 2. The molecule has 0 radical (unpaired) electrons. The van der Waals surface area contributed by atoms with Crippen LogP contribution in [0.25, 0.3) is 0 Å². The Labute approximate surface area is 115 Å². The summed E-state index contributed by atoms with van der Waals surface area (Å²) in [6.45, 7) is 11.5. The quantitative estimate of drug-likeness (QED) is 0.617. The van der Waals surface area contributed by atoms with E-state index in [0.717, 1.165) is 26.3 Å².